The molecule has 2 heteroatoms. The summed E-state index contributed by atoms with van der Waals surface area (Å²) in [5, 5.41) is 1.22. The zero-order valence-electron chi connectivity index (χ0n) is 9.07. The number of aromatic amines is 1. The lowest BCUT2D eigenvalue weighted by Gasteiger charge is -2.04. The van der Waals surface area contributed by atoms with E-state index >= 15 is 0 Å². The van der Waals surface area contributed by atoms with Crippen LogP contribution in [0.1, 0.15) is 5.56 Å². The van der Waals surface area contributed by atoms with Crippen LogP contribution in [0.3, 0.4) is 0 Å². The fourth-order valence-corrected chi connectivity index (χ4v) is 1.98. The molecule has 0 amide bonds. The number of benzene rings is 1. The molecule has 16 heavy (non-hydrogen) atoms. The molecule has 2 heterocycles. The Balaban J connectivity index is 2.29. The maximum Gasteiger partial charge on any atom is 0.0874 e. The van der Waals surface area contributed by atoms with Crippen LogP contribution in [-0.2, 0) is 0 Å². The van der Waals surface area contributed by atoms with E-state index in [1.165, 1.54) is 10.9 Å². The summed E-state index contributed by atoms with van der Waals surface area (Å²) in [5.74, 6) is 0. The number of fused-ring (bicyclic) bond motifs is 1. The van der Waals surface area contributed by atoms with Crippen LogP contribution >= 0.6 is 0 Å². The molecule has 2 aromatic heterocycles. The van der Waals surface area contributed by atoms with Gasteiger partial charge in [-0.05, 0) is 36.8 Å². The Morgan fingerprint density at radius 3 is 2.75 bits per heavy atom. The standard InChI is InChI=1S/C14H12N2/c1-10-9-14(13-7-4-8-15-13)16-12-6-3-2-5-11(10)12/h2-9,15H,1H3. The maximum atomic E-state index is 4.65. The van der Waals surface area contributed by atoms with Gasteiger partial charge in [-0.1, -0.05) is 18.2 Å². The van der Waals surface area contributed by atoms with Crippen molar-refractivity contribution >= 4 is 10.9 Å². The smallest absolute Gasteiger partial charge is 0.0874 e. The minimum Gasteiger partial charge on any atom is -0.360 e. The van der Waals surface area contributed by atoms with Crippen molar-refractivity contribution in [2.75, 3.05) is 0 Å². The molecule has 0 atom stereocenters. The van der Waals surface area contributed by atoms with Crippen molar-refractivity contribution in [1.29, 1.82) is 0 Å². The lowest BCUT2D eigenvalue weighted by molar-refractivity contribution is 1.30. The first-order chi connectivity index (χ1) is 7.84. The van der Waals surface area contributed by atoms with Gasteiger partial charge < -0.3 is 4.98 Å². The molecule has 0 saturated heterocycles. The van der Waals surface area contributed by atoms with Crippen LogP contribution in [0.25, 0.3) is 22.3 Å². The number of hydrogen-bond donors (Lipinski definition) is 1. The summed E-state index contributed by atoms with van der Waals surface area (Å²) in [6.45, 7) is 2.12. The highest BCUT2D eigenvalue weighted by Crippen LogP contribution is 2.22. The van der Waals surface area contributed by atoms with E-state index in [0.29, 0.717) is 0 Å². The minimum atomic E-state index is 1.00. The molecule has 0 saturated carbocycles. The Bertz CT molecular complexity index is 624. The predicted molar refractivity (Wildman–Crippen MR) is 66.3 cm³/mol. The summed E-state index contributed by atoms with van der Waals surface area (Å²) >= 11 is 0. The van der Waals surface area contributed by atoms with E-state index in [2.05, 4.69) is 35.1 Å². The number of para-hydroxylation sites is 1. The van der Waals surface area contributed by atoms with Crippen molar-refractivity contribution in [1.82, 2.24) is 9.97 Å². The predicted octanol–water partition coefficient (Wildman–Crippen LogP) is 3.54. The van der Waals surface area contributed by atoms with Crippen LogP contribution in [-0.4, -0.2) is 9.97 Å². The van der Waals surface area contributed by atoms with Crippen molar-refractivity contribution in [3.8, 4) is 11.4 Å². The topological polar surface area (TPSA) is 28.7 Å². The second kappa shape index (κ2) is 3.49. The molecule has 0 aliphatic rings. The van der Waals surface area contributed by atoms with Gasteiger partial charge in [0.15, 0.2) is 0 Å². The molecule has 0 spiro atoms. The molecule has 1 aromatic carbocycles. The van der Waals surface area contributed by atoms with Gasteiger partial charge in [0.2, 0.25) is 0 Å². The van der Waals surface area contributed by atoms with Gasteiger partial charge >= 0.3 is 0 Å². The summed E-state index contributed by atoms with van der Waals surface area (Å²) in [5.41, 5.74) is 4.37. The van der Waals surface area contributed by atoms with Crippen molar-refractivity contribution in [3.05, 3.63) is 54.2 Å². The van der Waals surface area contributed by atoms with E-state index < -0.39 is 0 Å². The Hall–Kier alpha value is -2.09. The molecule has 0 fully saturated rings. The van der Waals surface area contributed by atoms with Gasteiger partial charge in [0.1, 0.15) is 0 Å². The van der Waals surface area contributed by atoms with Gasteiger partial charge in [-0.3, -0.25) is 0 Å². The molecule has 3 rings (SSSR count). The molecule has 2 nitrogen and oxygen atoms in total. The summed E-state index contributed by atoms with van der Waals surface area (Å²) in [7, 11) is 0. The van der Waals surface area contributed by atoms with Gasteiger partial charge in [-0.15, -0.1) is 0 Å². The maximum absolute atomic E-state index is 4.65. The Morgan fingerprint density at radius 2 is 1.94 bits per heavy atom. The quantitative estimate of drug-likeness (QED) is 0.651. The van der Waals surface area contributed by atoms with Gasteiger partial charge in [-0.2, -0.15) is 0 Å². The van der Waals surface area contributed by atoms with Crippen LogP contribution in [0.15, 0.2) is 48.7 Å². The van der Waals surface area contributed by atoms with Gasteiger partial charge in [0, 0.05) is 11.6 Å². The SMILES string of the molecule is Cc1cc(-c2ccc[nH]2)nc2ccccc12. The zero-order chi connectivity index (χ0) is 11.0. The van der Waals surface area contributed by atoms with E-state index in [4.69, 9.17) is 0 Å². The fourth-order valence-electron chi connectivity index (χ4n) is 1.98. The van der Waals surface area contributed by atoms with E-state index in [1.54, 1.807) is 0 Å². The Kier molecular flexibility index (Phi) is 2.00. The Morgan fingerprint density at radius 1 is 1.06 bits per heavy atom. The number of nitrogens with zero attached hydrogens (tertiary/aromatic N) is 1. The van der Waals surface area contributed by atoms with E-state index in [9.17, 15) is 0 Å². The van der Waals surface area contributed by atoms with Crippen LogP contribution in [0.2, 0.25) is 0 Å². The van der Waals surface area contributed by atoms with Crippen molar-refractivity contribution in [3.63, 3.8) is 0 Å². The number of hydrogen-bond acceptors (Lipinski definition) is 1. The Labute approximate surface area is 94.0 Å². The van der Waals surface area contributed by atoms with Gasteiger partial charge in [-0.25, -0.2) is 4.98 Å². The number of H-pyrrole nitrogens is 1. The molecule has 0 unspecified atom stereocenters. The molecule has 0 aliphatic carbocycles. The summed E-state index contributed by atoms with van der Waals surface area (Å²) in [6, 6.07) is 14.4. The number of pyridine rings is 1. The van der Waals surface area contributed by atoms with Crippen LogP contribution in [0.4, 0.5) is 0 Å². The lowest BCUT2D eigenvalue weighted by Crippen LogP contribution is -1.88. The molecular weight excluding hydrogens is 196 g/mol. The average molecular weight is 208 g/mol. The van der Waals surface area contributed by atoms with Crippen molar-refractivity contribution in [2.24, 2.45) is 0 Å². The van der Waals surface area contributed by atoms with Gasteiger partial charge in [0.25, 0.3) is 0 Å². The highest BCUT2D eigenvalue weighted by Gasteiger charge is 2.04. The average Bonchev–Trinajstić information content (AvgIpc) is 2.82. The number of aryl methyl sites for hydroxylation is 1. The second-order valence-electron chi connectivity index (χ2n) is 3.93. The molecule has 0 aliphatic heterocycles. The first-order valence-electron chi connectivity index (χ1n) is 5.35. The molecule has 0 radical (unpaired) electrons. The number of nitrogens with one attached hydrogen (secondary N) is 1. The van der Waals surface area contributed by atoms with Crippen LogP contribution < -0.4 is 0 Å². The number of rotatable bonds is 1. The second-order valence-corrected chi connectivity index (χ2v) is 3.93. The van der Waals surface area contributed by atoms with Crippen LogP contribution in [0.5, 0.6) is 0 Å². The largest absolute Gasteiger partial charge is 0.360 e. The molecule has 3 aromatic rings. The van der Waals surface area contributed by atoms with E-state index in [-0.39, 0.29) is 0 Å². The minimum absolute atomic E-state index is 1.00. The zero-order valence-corrected chi connectivity index (χ0v) is 9.07. The molecule has 1 N–H and O–H groups in total. The third kappa shape index (κ3) is 1.39. The van der Waals surface area contributed by atoms with Crippen molar-refractivity contribution in [2.45, 2.75) is 6.92 Å². The van der Waals surface area contributed by atoms with Gasteiger partial charge in [0.05, 0.1) is 16.9 Å². The van der Waals surface area contributed by atoms with E-state index in [0.717, 1.165) is 16.9 Å². The summed E-state index contributed by atoms with van der Waals surface area (Å²) in [6.07, 6.45) is 1.92. The normalized spacial score (nSPS) is 10.8. The number of aromatic nitrogens is 2. The first kappa shape index (κ1) is 9.16. The fraction of sp³-hybridized carbons (Fsp3) is 0.0714. The lowest BCUT2D eigenvalue weighted by atomic mass is 10.1. The molecular formula is C14H12N2. The first-order valence-corrected chi connectivity index (χ1v) is 5.35. The van der Waals surface area contributed by atoms with E-state index in [1.807, 2.05) is 30.5 Å². The van der Waals surface area contributed by atoms with Crippen LogP contribution in [0, 0.1) is 6.92 Å². The monoisotopic (exact) mass is 208 g/mol. The van der Waals surface area contributed by atoms with Crippen molar-refractivity contribution < 1.29 is 0 Å². The molecule has 78 valence electrons. The highest BCUT2D eigenvalue weighted by atomic mass is 14.8. The third-order valence-electron chi connectivity index (χ3n) is 2.80. The summed E-state index contributed by atoms with van der Waals surface area (Å²) < 4.78 is 0. The highest BCUT2D eigenvalue weighted by molar-refractivity contribution is 5.84. The molecule has 0 bridgehead atoms. The summed E-state index contributed by atoms with van der Waals surface area (Å²) in [4.78, 5) is 7.83. The third-order valence-corrected chi connectivity index (χ3v) is 2.80.